The van der Waals surface area contributed by atoms with Crippen molar-refractivity contribution >= 4 is 11.9 Å². The van der Waals surface area contributed by atoms with E-state index >= 15 is 0 Å². The van der Waals surface area contributed by atoms with E-state index in [4.69, 9.17) is 0 Å². The third kappa shape index (κ3) is 7.05. The van der Waals surface area contributed by atoms with Gasteiger partial charge in [-0.15, -0.1) is 0 Å². The zero-order valence-electron chi connectivity index (χ0n) is 7.91. The summed E-state index contributed by atoms with van der Waals surface area (Å²) in [4.78, 5) is 21.5. The van der Waals surface area contributed by atoms with E-state index in [2.05, 4.69) is 9.47 Å². The summed E-state index contributed by atoms with van der Waals surface area (Å²) < 4.78 is 9.25. The van der Waals surface area contributed by atoms with Crippen LogP contribution in [0.4, 0.5) is 0 Å². The van der Waals surface area contributed by atoms with Crippen molar-refractivity contribution < 1.29 is 19.1 Å². The second kappa shape index (κ2) is 7.34. The smallest absolute Gasteiger partial charge is 0.331 e. The molecule has 0 aliphatic carbocycles. The number of esters is 2. The van der Waals surface area contributed by atoms with Gasteiger partial charge in [-0.3, -0.25) is 0 Å². The Hall–Kier alpha value is -1.32. The lowest BCUT2D eigenvalue weighted by Crippen LogP contribution is -2.04. The van der Waals surface area contributed by atoms with Crippen molar-refractivity contribution in [3.05, 3.63) is 12.2 Å². The van der Waals surface area contributed by atoms with Gasteiger partial charge in [-0.1, -0.05) is 6.92 Å². The van der Waals surface area contributed by atoms with Crippen LogP contribution in [0.25, 0.3) is 0 Å². The molecule has 0 aromatic heterocycles. The molecule has 4 heteroatoms. The van der Waals surface area contributed by atoms with Gasteiger partial charge in [0, 0.05) is 12.2 Å². The molecule has 0 aromatic rings. The largest absolute Gasteiger partial charge is 0.463 e. The molecule has 0 amide bonds. The number of rotatable bonds is 5. The standard InChI is InChI=1S/C9H14O4/c1-3-7-13-9(11)6-5-8(10)12-4-2/h5-6H,3-4,7H2,1-2H3/b6-5+. The maximum atomic E-state index is 10.8. The van der Waals surface area contributed by atoms with Gasteiger partial charge in [0.1, 0.15) is 0 Å². The number of hydrogen-bond acceptors (Lipinski definition) is 4. The molecule has 4 nitrogen and oxygen atoms in total. The SMILES string of the molecule is CCCOC(=O)/C=C/C(=O)OCC. The fraction of sp³-hybridized carbons (Fsp3) is 0.556. The fourth-order valence-electron chi connectivity index (χ4n) is 0.577. The van der Waals surface area contributed by atoms with E-state index < -0.39 is 11.9 Å². The van der Waals surface area contributed by atoms with Gasteiger partial charge in [0.2, 0.25) is 0 Å². The lowest BCUT2D eigenvalue weighted by Gasteiger charge is -1.97. The maximum Gasteiger partial charge on any atom is 0.331 e. The Balaban J connectivity index is 3.69. The van der Waals surface area contributed by atoms with Crippen molar-refractivity contribution in [1.29, 1.82) is 0 Å². The number of carbonyl (C=O) groups is 2. The third-order valence-electron chi connectivity index (χ3n) is 1.09. The molecular formula is C9H14O4. The lowest BCUT2D eigenvalue weighted by atomic mass is 10.5. The first-order valence-electron chi connectivity index (χ1n) is 4.22. The Bertz CT molecular complexity index is 196. The van der Waals surface area contributed by atoms with Crippen LogP contribution in [0.2, 0.25) is 0 Å². The van der Waals surface area contributed by atoms with E-state index in [0.717, 1.165) is 18.6 Å². The van der Waals surface area contributed by atoms with Gasteiger partial charge in [-0.05, 0) is 13.3 Å². The highest BCUT2D eigenvalue weighted by Crippen LogP contribution is 1.86. The predicted molar refractivity (Wildman–Crippen MR) is 47.0 cm³/mol. The van der Waals surface area contributed by atoms with Gasteiger partial charge in [0.15, 0.2) is 0 Å². The average Bonchev–Trinajstić information content (AvgIpc) is 2.12. The van der Waals surface area contributed by atoms with Crippen molar-refractivity contribution in [2.75, 3.05) is 13.2 Å². The first-order chi connectivity index (χ1) is 6.20. The molecule has 0 aliphatic heterocycles. The first-order valence-corrected chi connectivity index (χ1v) is 4.22. The minimum absolute atomic E-state index is 0.299. The molecule has 13 heavy (non-hydrogen) atoms. The van der Waals surface area contributed by atoms with E-state index in [-0.39, 0.29) is 0 Å². The first kappa shape index (κ1) is 11.7. The van der Waals surface area contributed by atoms with Crippen LogP contribution in [0.3, 0.4) is 0 Å². The molecule has 0 unspecified atom stereocenters. The molecule has 0 heterocycles. The van der Waals surface area contributed by atoms with Gasteiger partial charge < -0.3 is 9.47 Å². The summed E-state index contributed by atoms with van der Waals surface area (Å²) >= 11 is 0. The van der Waals surface area contributed by atoms with E-state index in [1.54, 1.807) is 6.92 Å². The summed E-state index contributed by atoms with van der Waals surface area (Å²) in [6.07, 6.45) is 2.88. The minimum atomic E-state index is -0.532. The van der Waals surface area contributed by atoms with Crippen LogP contribution in [-0.4, -0.2) is 25.2 Å². The highest BCUT2D eigenvalue weighted by atomic mass is 16.5. The molecule has 0 saturated carbocycles. The van der Waals surface area contributed by atoms with E-state index in [9.17, 15) is 9.59 Å². The van der Waals surface area contributed by atoms with Crippen LogP contribution >= 0.6 is 0 Å². The Morgan fingerprint density at radius 2 is 1.62 bits per heavy atom. The molecule has 0 aliphatic rings. The van der Waals surface area contributed by atoms with Gasteiger partial charge in [-0.25, -0.2) is 9.59 Å². The number of carbonyl (C=O) groups excluding carboxylic acids is 2. The van der Waals surface area contributed by atoms with Gasteiger partial charge in [0.25, 0.3) is 0 Å². The summed E-state index contributed by atoms with van der Waals surface area (Å²) in [6.45, 7) is 4.25. The Morgan fingerprint density at radius 1 is 1.08 bits per heavy atom. The molecule has 0 saturated heterocycles. The molecule has 0 aromatic carbocycles. The summed E-state index contributed by atoms with van der Waals surface area (Å²) in [5, 5.41) is 0. The van der Waals surface area contributed by atoms with Crippen LogP contribution in [0, 0.1) is 0 Å². The fourth-order valence-corrected chi connectivity index (χ4v) is 0.577. The Kier molecular flexibility index (Phi) is 6.59. The normalized spacial score (nSPS) is 10.0. The molecule has 0 atom stereocenters. The van der Waals surface area contributed by atoms with E-state index in [1.165, 1.54) is 0 Å². The molecule has 0 N–H and O–H groups in total. The van der Waals surface area contributed by atoms with Gasteiger partial charge in [0.05, 0.1) is 13.2 Å². The number of hydrogen-bond donors (Lipinski definition) is 0. The summed E-state index contributed by atoms with van der Waals surface area (Å²) in [7, 11) is 0. The van der Waals surface area contributed by atoms with Crippen LogP contribution < -0.4 is 0 Å². The molecule has 0 rings (SSSR count). The second-order valence-electron chi connectivity index (χ2n) is 2.25. The molecule has 0 fully saturated rings. The highest BCUT2D eigenvalue weighted by molar-refractivity contribution is 5.91. The van der Waals surface area contributed by atoms with Gasteiger partial charge in [-0.2, -0.15) is 0 Å². The Morgan fingerprint density at radius 3 is 2.08 bits per heavy atom. The zero-order chi connectivity index (χ0) is 10.1. The number of ether oxygens (including phenoxy) is 2. The molecule has 0 spiro atoms. The average molecular weight is 186 g/mol. The molecule has 0 radical (unpaired) electrons. The van der Waals surface area contributed by atoms with Crippen molar-refractivity contribution in [2.45, 2.75) is 20.3 Å². The maximum absolute atomic E-state index is 10.8. The predicted octanol–water partition coefficient (Wildman–Crippen LogP) is 1.06. The van der Waals surface area contributed by atoms with E-state index in [0.29, 0.717) is 13.2 Å². The Labute approximate surface area is 77.5 Å². The van der Waals surface area contributed by atoms with Crippen molar-refractivity contribution in [1.82, 2.24) is 0 Å². The molecule has 0 bridgehead atoms. The van der Waals surface area contributed by atoms with Crippen LogP contribution in [0.5, 0.6) is 0 Å². The minimum Gasteiger partial charge on any atom is -0.463 e. The second-order valence-corrected chi connectivity index (χ2v) is 2.25. The zero-order valence-corrected chi connectivity index (χ0v) is 7.91. The monoisotopic (exact) mass is 186 g/mol. The van der Waals surface area contributed by atoms with E-state index in [1.807, 2.05) is 6.92 Å². The summed E-state index contributed by atoms with van der Waals surface area (Å²) in [5.74, 6) is -1.05. The quantitative estimate of drug-likeness (QED) is 0.476. The van der Waals surface area contributed by atoms with Crippen LogP contribution in [0.15, 0.2) is 12.2 Å². The van der Waals surface area contributed by atoms with Crippen molar-refractivity contribution in [3.63, 3.8) is 0 Å². The molecule has 74 valence electrons. The highest BCUT2D eigenvalue weighted by Gasteiger charge is 1.98. The van der Waals surface area contributed by atoms with Gasteiger partial charge >= 0.3 is 11.9 Å². The summed E-state index contributed by atoms with van der Waals surface area (Å²) in [5.41, 5.74) is 0. The van der Waals surface area contributed by atoms with Crippen LogP contribution in [-0.2, 0) is 19.1 Å². The third-order valence-corrected chi connectivity index (χ3v) is 1.09. The summed E-state index contributed by atoms with van der Waals surface area (Å²) in [6, 6.07) is 0. The molecular weight excluding hydrogens is 172 g/mol. The lowest BCUT2D eigenvalue weighted by molar-refractivity contribution is -0.140. The van der Waals surface area contributed by atoms with Crippen molar-refractivity contribution in [3.8, 4) is 0 Å². The van der Waals surface area contributed by atoms with Crippen LogP contribution in [0.1, 0.15) is 20.3 Å². The topological polar surface area (TPSA) is 52.6 Å². The van der Waals surface area contributed by atoms with Crippen molar-refractivity contribution in [2.24, 2.45) is 0 Å².